The van der Waals surface area contributed by atoms with Gasteiger partial charge in [-0.3, -0.25) is 14.6 Å². The summed E-state index contributed by atoms with van der Waals surface area (Å²) in [4.78, 5) is 35.6. The molecule has 41 heavy (non-hydrogen) atoms. The van der Waals surface area contributed by atoms with Gasteiger partial charge in [-0.1, -0.05) is 30.9 Å². The number of fused-ring (bicyclic) bond motifs is 2. The lowest BCUT2D eigenvalue weighted by Crippen LogP contribution is -2.36. The maximum absolute atomic E-state index is 16.0. The number of likely N-dealkylation sites (tertiary alicyclic amines) is 1. The molecular formula is C32H34FN5O3. The van der Waals surface area contributed by atoms with E-state index in [1.54, 1.807) is 29.1 Å². The predicted molar refractivity (Wildman–Crippen MR) is 160 cm³/mol. The Balaban J connectivity index is 1.41. The Morgan fingerprint density at radius 3 is 2.83 bits per heavy atom. The van der Waals surface area contributed by atoms with Crippen molar-refractivity contribution in [3.05, 3.63) is 82.6 Å². The predicted octanol–water partition coefficient (Wildman–Crippen LogP) is 5.05. The Labute approximate surface area is 238 Å². The summed E-state index contributed by atoms with van der Waals surface area (Å²) in [7, 11) is 0. The number of aromatic nitrogens is 1. The number of nitrogens with one attached hydrogen (secondary N) is 1. The van der Waals surface area contributed by atoms with E-state index in [2.05, 4.69) is 21.8 Å². The molecule has 212 valence electrons. The Kier molecular flexibility index (Phi) is 7.45. The highest BCUT2D eigenvalue weighted by molar-refractivity contribution is 6.01. The van der Waals surface area contributed by atoms with E-state index in [1.165, 1.54) is 18.9 Å². The number of benzene rings is 2. The van der Waals surface area contributed by atoms with Gasteiger partial charge in [0.1, 0.15) is 16.8 Å². The van der Waals surface area contributed by atoms with E-state index in [0.717, 1.165) is 31.8 Å². The standard InChI is InChI=1S/C32H34FN5O3/c1-3-12-34-25(4-2)21-11-16-37(19-21)29-24(33)18-22-28-31(29)41-27-10-6-5-9-26(27)38(28)20-23(30(22)39)32(40)35-13-17-36-14-7-8-15-36/h3-6,9-10,12,18,20-21H,1,7-8,11,13-17,19H2,2H3,(H,35,40)/b25-4-,34-12-. The van der Waals surface area contributed by atoms with Crippen LogP contribution in [0.2, 0.25) is 0 Å². The minimum absolute atomic E-state index is 0.0206. The molecule has 4 heterocycles. The number of hydrogen-bond acceptors (Lipinski definition) is 6. The van der Waals surface area contributed by atoms with Gasteiger partial charge >= 0.3 is 0 Å². The average molecular weight is 556 g/mol. The van der Waals surface area contributed by atoms with Gasteiger partial charge in [0, 0.05) is 50.2 Å². The second-order valence-electron chi connectivity index (χ2n) is 10.7. The molecule has 1 aromatic heterocycles. The summed E-state index contributed by atoms with van der Waals surface area (Å²) in [6.45, 7) is 10.0. The third-order valence-electron chi connectivity index (χ3n) is 8.21. The zero-order valence-electron chi connectivity index (χ0n) is 23.2. The van der Waals surface area contributed by atoms with Crippen LogP contribution < -0.4 is 20.4 Å². The van der Waals surface area contributed by atoms with Crippen LogP contribution in [0, 0.1) is 11.7 Å². The number of halogens is 1. The van der Waals surface area contributed by atoms with Crippen LogP contribution in [0.4, 0.5) is 10.1 Å². The first-order chi connectivity index (χ1) is 20.0. The molecule has 3 aliphatic rings. The second-order valence-corrected chi connectivity index (χ2v) is 10.7. The SMILES string of the molecule is C=C/C=N\C(=C/C)C1CCN(c2c(F)cc3c(=O)c(C(=O)NCCN4CCCC4)cn4c3c2Oc2ccccc2-4)C1. The Morgan fingerprint density at radius 2 is 2.05 bits per heavy atom. The second kappa shape index (κ2) is 11.3. The van der Waals surface area contributed by atoms with Gasteiger partial charge in [-0.05, 0) is 57.5 Å². The van der Waals surface area contributed by atoms with Crippen LogP contribution in [0.15, 0.2) is 70.7 Å². The molecule has 1 N–H and O–H groups in total. The van der Waals surface area contributed by atoms with Crippen molar-refractivity contribution < 1.29 is 13.9 Å². The molecule has 9 heteroatoms. The number of para-hydroxylation sites is 2. The van der Waals surface area contributed by atoms with E-state index >= 15 is 4.39 Å². The number of carbonyl (C=O) groups is 1. The molecule has 2 fully saturated rings. The number of hydrogen-bond donors (Lipinski definition) is 1. The highest BCUT2D eigenvalue weighted by Crippen LogP contribution is 2.47. The van der Waals surface area contributed by atoms with Crippen LogP contribution in [0.5, 0.6) is 11.5 Å². The minimum atomic E-state index is -0.556. The highest BCUT2D eigenvalue weighted by atomic mass is 19.1. The largest absolute Gasteiger partial charge is 0.451 e. The fourth-order valence-corrected chi connectivity index (χ4v) is 6.20. The fourth-order valence-electron chi connectivity index (χ4n) is 6.20. The molecule has 0 bridgehead atoms. The molecule has 2 aromatic carbocycles. The van der Waals surface area contributed by atoms with Gasteiger partial charge in [0.05, 0.1) is 11.1 Å². The molecule has 3 aliphatic heterocycles. The van der Waals surface area contributed by atoms with Crippen LogP contribution in [0.3, 0.4) is 0 Å². The van der Waals surface area contributed by atoms with E-state index in [-0.39, 0.29) is 22.6 Å². The molecule has 0 saturated carbocycles. The third-order valence-corrected chi connectivity index (χ3v) is 8.21. The first kappa shape index (κ1) is 27.0. The summed E-state index contributed by atoms with van der Waals surface area (Å²) in [6.07, 6.45) is 9.96. The Bertz CT molecular complexity index is 1640. The van der Waals surface area contributed by atoms with Gasteiger partial charge in [0.2, 0.25) is 5.43 Å². The minimum Gasteiger partial charge on any atom is -0.451 e. The normalized spacial score (nSPS) is 18.6. The number of carbonyl (C=O) groups excluding carboxylic acids is 1. The summed E-state index contributed by atoms with van der Waals surface area (Å²) in [5, 5.41) is 3.01. The number of aliphatic imine (C=N–C) groups is 1. The maximum atomic E-state index is 16.0. The van der Waals surface area contributed by atoms with Gasteiger partial charge in [-0.2, -0.15) is 0 Å². The molecule has 1 unspecified atom stereocenters. The molecule has 2 saturated heterocycles. The molecule has 6 rings (SSSR count). The lowest BCUT2D eigenvalue weighted by atomic mass is 10.0. The summed E-state index contributed by atoms with van der Waals surface area (Å²) in [5.74, 6) is -0.0921. The van der Waals surface area contributed by atoms with Crippen LogP contribution in [-0.2, 0) is 0 Å². The molecule has 1 atom stereocenters. The molecule has 1 amide bonds. The number of anilines is 1. The quantitative estimate of drug-likeness (QED) is 0.308. The molecule has 3 aromatic rings. The summed E-state index contributed by atoms with van der Waals surface area (Å²) >= 11 is 0. The van der Waals surface area contributed by atoms with Gasteiger partial charge in [-0.15, -0.1) is 0 Å². The molecular weight excluding hydrogens is 521 g/mol. The van der Waals surface area contributed by atoms with Gasteiger partial charge in [-0.25, -0.2) is 4.39 Å². The molecule has 0 radical (unpaired) electrons. The van der Waals surface area contributed by atoms with Crippen molar-refractivity contribution in [3.63, 3.8) is 0 Å². The van der Waals surface area contributed by atoms with E-state index in [0.29, 0.717) is 42.3 Å². The summed E-state index contributed by atoms with van der Waals surface area (Å²) in [6, 6.07) is 8.63. The van der Waals surface area contributed by atoms with Crippen LogP contribution in [-0.4, -0.2) is 60.9 Å². The topological polar surface area (TPSA) is 79.2 Å². The Hall–Kier alpha value is -4.24. The van der Waals surface area contributed by atoms with E-state index in [4.69, 9.17) is 4.74 Å². The van der Waals surface area contributed by atoms with E-state index in [1.807, 2.05) is 36.1 Å². The number of nitrogens with zero attached hydrogens (tertiary/aromatic N) is 4. The van der Waals surface area contributed by atoms with Crippen molar-refractivity contribution in [2.45, 2.75) is 26.2 Å². The van der Waals surface area contributed by atoms with Crippen LogP contribution >= 0.6 is 0 Å². The number of ether oxygens (including phenoxy) is 1. The monoisotopic (exact) mass is 555 g/mol. The van der Waals surface area contributed by atoms with Crippen molar-refractivity contribution in [2.24, 2.45) is 10.9 Å². The number of allylic oxidation sites excluding steroid dienone is 2. The lowest BCUT2D eigenvalue weighted by Gasteiger charge is -2.29. The smallest absolute Gasteiger partial charge is 0.256 e. The van der Waals surface area contributed by atoms with Crippen molar-refractivity contribution in [1.29, 1.82) is 0 Å². The zero-order valence-corrected chi connectivity index (χ0v) is 23.2. The van der Waals surface area contributed by atoms with Gasteiger partial charge < -0.3 is 24.4 Å². The Morgan fingerprint density at radius 1 is 1.24 bits per heavy atom. The first-order valence-corrected chi connectivity index (χ1v) is 14.3. The highest BCUT2D eigenvalue weighted by Gasteiger charge is 2.34. The van der Waals surface area contributed by atoms with Crippen LogP contribution in [0.1, 0.15) is 36.5 Å². The van der Waals surface area contributed by atoms with Crippen molar-refractivity contribution in [1.82, 2.24) is 14.8 Å². The third kappa shape index (κ3) is 4.95. The number of pyridine rings is 1. The van der Waals surface area contributed by atoms with Gasteiger partial charge in [0.15, 0.2) is 17.3 Å². The van der Waals surface area contributed by atoms with Crippen molar-refractivity contribution in [2.75, 3.05) is 44.2 Å². The van der Waals surface area contributed by atoms with Crippen LogP contribution in [0.25, 0.3) is 16.6 Å². The fraction of sp³-hybridized carbons (Fsp3) is 0.344. The maximum Gasteiger partial charge on any atom is 0.256 e. The first-order valence-electron chi connectivity index (χ1n) is 14.3. The average Bonchev–Trinajstić information content (AvgIpc) is 3.68. The lowest BCUT2D eigenvalue weighted by molar-refractivity contribution is 0.0948. The van der Waals surface area contributed by atoms with Crippen molar-refractivity contribution in [3.8, 4) is 17.2 Å². The zero-order chi connectivity index (χ0) is 28.5. The molecule has 8 nitrogen and oxygen atoms in total. The van der Waals surface area contributed by atoms with E-state index < -0.39 is 17.2 Å². The van der Waals surface area contributed by atoms with Gasteiger partial charge in [0.25, 0.3) is 5.91 Å². The number of rotatable bonds is 8. The van der Waals surface area contributed by atoms with E-state index in [9.17, 15) is 9.59 Å². The summed E-state index contributed by atoms with van der Waals surface area (Å²) < 4.78 is 24.1. The molecule has 0 aliphatic carbocycles. The van der Waals surface area contributed by atoms with Crippen molar-refractivity contribution >= 4 is 28.7 Å². The summed E-state index contributed by atoms with van der Waals surface area (Å²) in [5.41, 5.74) is 1.84. The molecule has 0 spiro atoms. The number of amides is 1.